The van der Waals surface area contributed by atoms with Crippen molar-refractivity contribution in [3.63, 3.8) is 0 Å². The summed E-state index contributed by atoms with van der Waals surface area (Å²) in [4.78, 5) is 28.0. The largest absolute Gasteiger partial charge is 0.335 e. The molecule has 0 bridgehead atoms. The van der Waals surface area contributed by atoms with Crippen LogP contribution in [-0.2, 0) is 11.2 Å². The molecule has 3 N–H and O–H groups in total. The molecule has 0 unspecified atom stereocenters. The quantitative estimate of drug-likeness (QED) is 0.451. The molecule has 9 heteroatoms. The first-order chi connectivity index (χ1) is 10.8. The van der Waals surface area contributed by atoms with Crippen molar-refractivity contribution in [2.24, 2.45) is 5.10 Å². The molecule has 0 aliphatic rings. The molecule has 2 rings (SSSR count). The second-order valence-electron chi connectivity index (χ2n) is 4.65. The van der Waals surface area contributed by atoms with Crippen molar-refractivity contribution in [3.05, 3.63) is 62.3 Å². The molecule has 1 aromatic carbocycles. The lowest BCUT2D eigenvalue weighted by molar-refractivity contribution is -0.120. The van der Waals surface area contributed by atoms with Crippen molar-refractivity contribution in [2.45, 2.75) is 13.3 Å². The summed E-state index contributed by atoms with van der Waals surface area (Å²) in [6.07, 6.45) is -0.157. The highest BCUT2D eigenvalue weighted by molar-refractivity contribution is 7.71. The maximum atomic E-state index is 13.6. The Kier molecular flexibility index (Phi) is 5.12. The molecule has 6 nitrogen and oxygen atoms in total. The molecule has 1 amide bonds. The summed E-state index contributed by atoms with van der Waals surface area (Å²) >= 11 is 4.79. The zero-order valence-electron chi connectivity index (χ0n) is 11.9. The van der Waals surface area contributed by atoms with E-state index in [1.54, 1.807) is 0 Å². The predicted octanol–water partition coefficient (Wildman–Crippen LogP) is 1.79. The van der Waals surface area contributed by atoms with Gasteiger partial charge >= 0.3 is 0 Å². The van der Waals surface area contributed by atoms with Crippen molar-refractivity contribution in [1.82, 2.24) is 15.4 Å². The highest BCUT2D eigenvalue weighted by Crippen LogP contribution is 2.10. The van der Waals surface area contributed by atoms with E-state index >= 15 is 0 Å². The minimum atomic E-state index is -0.779. The summed E-state index contributed by atoms with van der Waals surface area (Å²) in [7, 11) is 0. The molecule has 0 aliphatic carbocycles. The predicted molar refractivity (Wildman–Crippen MR) is 82.7 cm³/mol. The number of carbonyl (C=O) groups excluding carboxylic acids is 1. The van der Waals surface area contributed by atoms with Gasteiger partial charge in [0.2, 0.25) is 5.91 Å². The number of benzene rings is 1. The van der Waals surface area contributed by atoms with Crippen LogP contribution in [0.3, 0.4) is 0 Å². The van der Waals surface area contributed by atoms with Crippen LogP contribution in [0.4, 0.5) is 8.78 Å². The molecule has 0 spiro atoms. The first kappa shape index (κ1) is 16.7. The molecular weight excluding hydrogens is 326 g/mol. The topological polar surface area (TPSA) is 90.1 Å². The van der Waals surface area contributed by atoms with Gasteiger partial charge in [-0.15, -0.1) is 0 Å². The standard InChI is InChI=1S/C14H12F2N4O2S/c1-7(10-3-2-8(15)4-11(10)16)19-20-13(22)6-9-5-12(21)18-14(23)17-9/h2-5H,6H2,1H3,(H,20,22)(H2,17,18,21,23)/b19-7-. The average Bonchev–Trinajstić information content (AvgIpc) is 2.43. The zero-order chi connectivity index (χ0) is 17.0. The van der Waals surface area contributed by atoms with Gasteiger partial charge in [0.15, 0.2) is 4.77 Å². The maximum Gasteiger partial charge on any atom is 0.251 e. The minimum Gasteiger partial charge on any atom is -0.335 e. The van der Waals surface area contributed by atoms with Gasteiger partial charge in [-0.05, 0) is 31.3 Å². The number of hydrogen-bond donors (Lipinski definition) is 3. The first-order valence-electron chi connectivity index (χ1n) is 6.46. The Morgan fingerprint density at radius 2 is 2.04 bits per heavy atom. The smallest absolute Gasteiger partial charge is 0.251 e. The fraction of sp³-hybridized carbons (Fsp3) is 0.143. The Morgan fingerprint density at radius 1 is 1.30 bits per heavy atom. The number of aromatic nitrogens is 2. The molecule has 1 heterocycles. The van der Waals surface area contributed by atoms with E-state index in [0.717, 1.165) is 12.1 Å². The minimum absolute atomic E-state index is 0.0715. The molecule has 0 saturated carbocycles. The Balaban J connectivity index is 2.08. The highest BCUT2D eigenvalue weighted by Gasteiger charge is 2.08. The zero-order valence-corrected chi connectivity index (χ0v) is 12.8. The number of H-pyrrole nitrogens is 2. The van der Waals surface area contributed by atoms with Crippen molar-refractivity contribution >= 4 is 23.8 Å². The third-order valence-electron chi connectivity index (χ3n) is 2.84. The first-order valence-corrected chi connectivity index (χ1v) is 6.87. The Bertz CT molecular complexity index is 861. The van der Waals surface area contributed by atoms with Crippen molar-refractivity contribution in [2.75, 3.05) is 0 Å². The van der Waals surface area contributed by atoms with Crippen molar-refractivity contribution in [1.29, 1.82) is 0 Å². The average molecular weight is 338 g/mol. The third kappa shape index (κ3) is 4.65. The normalized spacial score (nSPS) is 11.3. The highest BCUT2D eigenvalue weighted by atomic mass is 32.1. The summed E-state index contributed by atoms with van der Waals surface area (Å²) in [6.45, 7) is 1.47. The van der Waals surface area contributed by atoms with E-state index in [2.05, 4.69) is 20.5 Å². The third-order valence-corrected chi connectivity index (χ3v) is 3.04. The van der Waals surface area contributed by atoms with Gasteiger partial charge < -0.3 is 4.98 Å². The molecule has 23 heavy (non-hydrogen) atoms. The Labute approximate surface area is 134 Å². The van der Waals surface area contributed by atoms with Gasteiger partial charge in [-0.25, -0.2) is 14.2 Å². The van der Waals surface area contributed by atoms with E-state index in [-0.39, 0.29) is 22.5 Å². The molecule has 1 aromatic heterocycles. The summed E-state index contributed by atoms with van der Waals surface area (Å²) in [5, 5.41) is 3.75. The number of nitrogens with one attached hydrogen (secondary N) is 3. The number of halogens is 2. The van der Waals surface area contributed by atoms with Gasteiger partial charge in [-0.3, -0.25) is 14.6 Å². The van der Waals surface area contributed by atoms with Gasteiger partial charge in [0.05, 0.1) is 12.1 Å². The van der Waals surface area contributed by atoms with E-state index < -0.39 is 23.1 Å². The van der Waals surface area contributed by atoms with Crippen LogP contribution in [0, 0.1) is 16.4 Å². The number of nitrogens with zero attached hydrogens (tertiary/aromatic N) is 1. The summed E-state index contributed by atoms with van der Waals surface area (Å²) in [6, 6.07) is 4.25. The summed E-state index contributed by atoms with van der Waals surface area (Å²) < 4.78 is 26.5. The number of rotatable bonds is 4. The number of hydrogen-bond acceptors (Lipinski definition) is 4. The van der Waals surface area contributed by atoms with Crippen molar-refractivity contribution in [3.8, 4) is 0 Å². The lowest BCUT2D eigenvalue weighted by atomic mass is 10.1. The lowest BCUT2D eigenvalue weighted by Crippen LogP contribution is -2.23. The Morgan fingerprint density at radius 3 is 2.70 bits per heavy atom. The molecule has 0 fully saturated rings. The van der Waals surface area contributed by atoms with Crippen LogP contribution in [0.15, 0.2) is 34.2 Å². The molecule has 2 aromatic rings. The number of carbonyl (C=O) groups is 1. The van der Waals surface area contributed by atoms with E-state index in [1.807, 2.05) is 0 Å². The van der Waals surface area contributed by atoms with Gasteiger partial charge in [-0.1, -0.05) is 0 Å². The van der Waals surface area contributed by atoms with E-state index in [9.17, 15) is 18.4 Å². The summed E-state index contributed by atoms with van der Waals surface area (Å²) in [5.74, 6) is -2.00. The van der Waals surface area contributed by atoms with Crippen LogP contribution in [-0.4, -0.2) is 21.6 Å². The molecule has 120 valence electrons. The summed E-state index contributed by atoms with van der Waals surface area (Å²) in [5.41, 5.74) is 2.37. The second-order valence-corrected chi connectivity index (χ2v) is 5.05. The fourth-order valence-electron chi connectivity index (χ4n) is 1.82. The molecule has 0 saturated heterocycles. The second kappa shape index (κ2) is 7.05. The van der Waals surface area contributed by atoms with Gasteiger partial charge in [0, 0.05) is 23.4 Å². The molecular formula is C14H12F2N4O2S. The Hall–Kier alpha value is -2.68. The molecule has 0 radical (unpaired) electrons. The number of aromatic amines is 2. The van der Waals surface area contributed by atoms with Crippen molar-refractivity contribution < 1.29 is 13.6 Å². The van der Waals surface area contributed by atoms with Gasteiger partial charge in [0.25, 0.3) is 5.56 Å². The van der Waals surface area contributed by atoms with Gasteiger partial charge in [-0.2, -0.15) is 5.10 Å². The van der Waals surface area contributed by atoms with Gasteiger partial charge in [0.1, 0.15) is 11.6 Å². The number of hydrazone groups is 1. The molecule has 0 atom stereocenters. The van der Waals surface area contributed by atoms with Crippen LogP contribution in [0.1, 0.15) is 18.2 Å². The lowest BCUT2D eigenvalue weighted by Gasteiger charge is -2.04. The van der Waals surface area contributed by atoms with E-state index in [1.165, 1.54) is 19.1 Å². The van der Waals surface area contributed by atoms with Crippen LogP contribution in [0.5, 0.6) is 0 Å². The van der Waals surface area contributed by atoms with E-state index in [4.69, 9.17) is 12.2 Å². The fourth-order valence-corrected chi connectivity index (χ4v) is 2.05. The van der Waals surface area contributed by atoms with E-state index in [0.29, 0.717) is 5.69 Å². The molecule has 0 aliphatic heterocycles. The SMILES string of the molecule is C/C(=N/NC(=O)Cc1cc(=O)[nH]c(=S)[nH]1)c1ccc(F)cc1F. The maximum absolute atomic E-state index is 13.6. The van der Waals surface area contributed by atoms with Crippen LogP contribution in [0.2, 0.25) is 0 Å². The van der Waals surface area contributed by atoms with Crippen LogP contribution < -0.4 is 11.0 Å². The number of amides is 1. The monoisotopic (exact) mass is 338 g/mol. The van der Waals surface area contributed by atoms with Crippen LogP contribution in [0.25, 0.3) is 0 Å². The van der Waals surface area contributed by atoms with Crippen LogP contribution >= 0.6 is 12.2 Å².